The number of nitrogens with one attached hydrogen (secondary N) is 2. The molecule has 14 heavy (non-hydrogen) atoms. The number of rotatable bonds is 1. The summed E-state index contributed by atoms with van der Waals surface area (Å²) >= 11 is 0. The van der Waals surface area contributed by atoms with Gasteiger partial charge >= 0.3 is 0 Å². The molecule has 2 N–H and O–H groups in total. The second-order valence-electron chi connectivity index (χ2n) is 3.78. The van der Waals surface area contributed by atoms with Crippen LogP contribution < -0.4 is 0 Å². The fraction of sp³-hybridized carbons (Fsp3) is 0.455. The van der Waals surface area contributed by atoms with Crippen LogP contribution in [0.2, 0.25) is 0 Å². The average Bonchev–Trinajstić information content (AvgIpc) is 2.23. The van der Waals surface area contributed by atoms with Gasteiger partial charge in [-0.25, -0.2) is 0 Å². The molecule has 0 amide bonds. The highest BCUT2D eigenvalue weighted by atomic mass is 15.1. The Kier molecular flexibility index (Phi) is 2.48. The van der Waals surface area contributed by atoms with Gasteiger partial charge in [0.15, 0.2) is 0 Å². The van der Waals surface area contributed by atoms with Crippen molar-refractivity contribution in [2.75, 3.05) is 13.1 Å². The molecule has 0 bridgehead atoms. The monoisotopic (exact) mass is 189 g/mol. The lowest BCUT2D eigenvalue weighted by Gasteiger charge is -2.30. The predicted molar refractivity (Wildman–Crippen MR) is 58.1 cm³/mol. The molecule has 3 heteroatoms. The molecule has 1 heterocycles. The van der Waals surface area contributed by atoms with Crippen molar-refractivity contribution >= 4 is 11.4 Å². The van der Waals surface area contributed by atoms with Gasteiger partial charge in [0.05, 0.1) is 11.4 Å². The van der Waals surface area contributed by atoms with Crippen LogP contribution in [-0.4, -0.2) is 29.4 Å². The molecule has 1 fully saturated rings. The Morgan fingerprint density at radius 2 is 1.64 bits per heavy atom. The first kappa shape index (κ1) is 9.19. The van der Waals surface area contributed by atoms with Crippen LogP contribution in [0.5, 0.6) is 0 Å². The van der Waals surface area contributed by atoms with Crippen molar-refractivity contribution in [3.8, 4) is 0 Å². The van der Waals surface area contributed by atoms with Crippen molar-refractivity contribution in [3.63, 3.8) is 0 Å². The van der Waals surface area contributed by atoms with Crippen LogP contribution in [0.25, 0.3) is 0 Å². The Bertz CT molecular complexity index is 319. The van der Waals surface area contributed by atoms with Crippen LogP contribution in [0.1, 0.15) is 19.3 Å². The zero-order valence-electron chi connectivity index (χ0n) is 8.21. The number of hydrogen-bond acceptors (Lipinski definition) is 3. The first-order valence-electron chi connectivity index (χ1n) is 5.09. The van der Waals surface area contributed by atoms with Gasteiger partial charge in [0.1, 0.15) is 0 Å². The summed E-state index contributed by atoms with van der Waals surface area (Å²) in [6.07, 6.45) is 9.28. The number of hydrogen-bond donors (Lipinski definition) is 2. The van der Waals surface area contributed by atoms with Crippen LogP contribution in [0, 0.1) is 10.8 Å². The minimum absolute atomic E-state index is 0.311. The minimum atomic E-state index is 0.311. The molecule has 3 nitrogen and oxygen atoms in total. The maximum Gasteiger partial charge on any atom is 0.0809 e. The molecule has 0 atom stereocenters. The number of piperidine rings is 1. The number of allylic oxidation sites excluding steroid dienone is 3. The Hall–Kier alpha value is -1.38. The molecule has 0 spiro atoms. The van der Waals surface area contributed by atoms with Crippen molar-refractivity contribution in [3.05, 3.63) is 23.9 Å². The molecule has 0 aromatic rings. The molecule has 0 unspecified atom stereocenters. The molecule has 1 aliphatic heterocycles. The van der Waals surface area contributed by atoms with Crippen molar-refractivity contribution in [2.24, 2.45) is 0 Å². The first-order valence-corrected chi connectivity index (χ1v) is 5.09. The summed E-state index contributed by atoms with van der Waals surface area (Å²) in [5.41, 5.74) is 1.74. The number of nitrogens with zero attached hydrogens (tertiary/aromatic N) is 1. The van der Waals surface area contributed by atoms with Gasteiger partial charge in [-0.05, 0) is 37.5 Å². The van der Waals surface area contributed by atoms with Crippen molar-refractivity contribution in [1.29, 1.82) is 10.8 Å². The predicted octanol–water partition coefficient (Wildman–Crippen LogP) is 1.97. The van der Waals surface area contributed by atoms with E-state index in [1.807, 2.05) is 6.08 Å². The van der Waals surface area contributed by atoms with E-state index in [1.165, 1.54) is 19.3 Å². The molecule has 1 saturated heterocycles. The fourth-order valence-electron chi connectivity index (χ4n) is 1.88. The van der Waals surface area contributed by atoms with Gasteiger partial charge in [-0.3, -0.25) is 10.8 Å². The van der Waals surface area contributed by atoms with E-state index in [2.05, 4.69) is 4.90 Å². The SMILES string of the molecule is N=C1C=CC(N2CCCCC2)=CC1=N. The van der Waals surface area contributed by atoms with E-state index < -0.39 is 0 Å². The second-order valence-corrected chi connectivity index (χ2v) is 3.78. The van der Waals surface area contributed by atoms with Gasteiger partial charge in [-0.15, -0.1) is 0 Å². The molecular weight excluding hydrogens is 174 g/mol. The zero-order chi connectivity index (χ0) is 9.97. The fourth-order valence-corrected chi connectivity index (χ4v) is 1.88. The largest absolute Gasteiger partial charge is 0.371 e. The molecule has 0 aromatic heterocycles. The summed E-state index contributed by atoms with van der Waals surface area (Å²) in [6, 6.07) is 0. The maximum atomic E-state index is 7.56. The van der Waals surface area contributed by atoms with Gasteiger partial charge in [0, 0.05) is 18.8 Å². The Morgan fingerprint density at radius 1 is 0.929 bits per heavy atom. The molecule has 0 saturated carbocycles. The summed E-state index contributed by atoms with van der Waals surface area (Å²) in [5.74, 6) is 0. The van der Waals surface area contributed by atoms with Crippen LogP contribution >= 0.6 is 0 Å². The summed E-state index contributed by atoms with van der Waals surface area (Å²) in [4.78, 5) is 2.31. The Labute approximate surface area is 84.1 Å². The van der Waals surface area contributed by atoms with E-state index in [0.29, 0.717) is 11.4 Å². The van der Waals surface area contributed by atoms with Gasteiger partial charge in [-0.2, -0.15) is 0 Å². The molecule has 2 aliphatic rings. The van der Waals surface area contributed by atoms with Crippen molar-refractivity contribution in [1.82, 2.24) is 4.90 Å². The smallest absolute Gasteiger partial charge is 0.0809 e. The first-order chi connectivity index (χ1) is 6.77. The Balaban J connectivity index is 2.11. The lowest BCUT2D eigenvalue weighted by Crippen LogP contribution is -2.30. The highest BCUT2D eigenvalue weighted by molar-refractivity contribution is 6.49. The summed E-state index contributed by atoms with van der Waals surface area (Å²) < 4.78 is 0. The molecule has 2 rings (SSSR count). The Morgan fingerprint density at radius 3 is 2.29 bits per heavy atom. The minimum Gasteiger partial charge on any atom is -0.371 e. The van der Waals surface area contributed by atoms with Crippen molar-refractivity contribution < 1.29 is 0 Å². The van der Waals surface area contributed by atoms with E-state index in [9.17, 15) is 0 Å². The lowest BCUT2D eigenvalue weighted by molar-refractivity contribution is 0.293. The van der Waals surface area contributed by atoms with Gasteiger partial charge in [0.25, 0.3) is 0 Å². The molecule has 0 radical (unpaired) electrons. The molecule has 74 valence electrons. The average molecular weight is 189 g/mol. The van der Waals surface area contributed by atoms with Crippen molar-refractivity contribution in [2.45, 2.75) is 19.3 Å². The maximum absolute atomic E-state index is 7.56. The van der Waals surface area contributed by atoms with E-state index in [4.69, 9.17) is 10.8 Å². The quantitative estimate of drug-likeness (QED) is 0.609. The van der Waals surface area contributed by atoms with E-state index in [0.717, 1.165) is 18.8 Å². The normalized spacial score (nSPS) is 22.6. The highest BCUT2D eigenvalue weighted by Gasteiger charge is 2.15. The third-order valence-corrected chi connectivity index (χ3v) is 2.72. The van der Waals surface area contributed by atoms with Crippen LogP contribution in [0.3, 0.4) is 0 Å². The van der Waals surface area contributed by atoms with Gasteiger partial charge in [0.2, 0.25) is 0 Å². The van der Waals surface area contributed by atoms with E-state index in [-0.39, 0.29) is 0 Å². The third kappa shape index (κ3) is 1.76. The molecular formula is C11H15N3. The number of likely N-dealkylation sites (tertiary alicyclic amines) is 1. The third-order valence-electron chi connectivity index (χ3n) is 2.72. The highest BCUT2D eigenvalue weighted by Crippen LogP contribution is 2.17. The van der Waals surface area contributed by atoms with Crippen LogP contribution in [0.4, 0.5) is 0 Å². The van der Waals surface area contributed by atoms with Gasteiger partial charge in [-0.1, -0.05) is 0 Å². The summed E-state index contributed by atoms with van der Waals surface area (Å²) in [6.45, 7) is 2.19. The lowest BCUT2D eigenvalue weighted by atomic mass is 10.0. The van der Waals surface area contributed by atoms with E-state index in [1.54, 1.807) is 12.2 Å². The zero-order valence-corrected chi connectivity index (χ0v) is 8.21. The van der Waals surface area contributed by atoms with Gasteiger partial charge < -0.3 is 4.90 Å². The summed E-state index contributed by atoms with van der Waals surface area (Å²) in [5, 5.41) is 15.0. The standard InChI is InChI=1S/C11H15N3/c12-10-5-4-9(8-11(10)13)14-6-2-1-3-7-14/h4-5,8,12-13H,1-3,6-7H2. The topological polar surface area (TPSA) is 50.9 Å². The van der Waals surface area contributed by atoms with E-state index >= 15 is 0 Å². The molecule has 1 aliphatic carbocycles. The van der Waals surface area contributed by atoms with Crippen LogP contribution in [0.15, 0.2) is 23.9 Å². The molecule has 0 aromatic carbocycles. The summed E-state index contributed by atoms with van der Waals surface area (Å²) in [7, 11) is 0. The van der Waals surface area contributed by atoms with Crippen LogP contribution in [-0.2, 0) is 0 Å². The second kappa shape index (κ2) is 3.78.